The number of hydrogen-bond acceptors (Lipinski definition) is 1. The predicted octanol–water partition coefficient (Wildman–Crippen LogP) is 0.813. The van der Waals surface area contributed by atoms with Gasteiger partial charge in [-0.3, -0.25) is 0 Å². The van der Waals surface area contributed by atoms with E-state index in [-0.39, 0.29) is 0 Å². The molecule has 0 saturated carbocycles. The number of aromatic amines is 1. The standard InChI is InChI=1S/C11H14N2/c1-8(2)9-4-3-5-10-11(6-9)13-7-12-10/h3-9H,1-2H3,(H,12,13). The first-order valence-electron chi connectivity index (χ1n) is 4.67. The third-order valence-corrected chi connectivity index (χ3v) is 2.42. The number of nitrogens with zero attached hydrogens (tertiary/aromatic N) is 1. The van der Waals surface area contributed by atoms with Crippen molar-refractivity contribution in [3.05, 3.63) is 29.2 Å². The fourth-order valence-corrected chi connectivity index (χ4v) is 1.51. The molecule has 0 amide bonds. The van der Waals surface area contributed by atoms with Gasteiger partial charge in [0.25, 0.3) is 0 Å². The highest BCUT2D eigenvalue weighted by Crippen LogP contribution is 2.14. The molecule has 2 rings (SSSR count). The SMILES string of the molecule is CC(C)C1C=CC=c2[nH]cnc2=C1. The molecule has 0 aliphatic heterocycles. The Bertz CT molecular complexity index is 423. The van der Waals surface area contributed by atoms with Gasteiger partial charge in [0.2, 0.25) is 0 Å². The average Bonchev–Trinajstić information content (AvgIpc) is 2.42. The van der Waals surface area contributed by atoms with E-state index in [2.05, 4.69) is 48.1 Å². The molecule has 2 heteroatoms. The highest BCUT2D eigenvalue weighted by atomic mass is 14.8. The van der Waals surface area contributed by atoms with Crippen molar-refractivity contribution in [2.45, 2.75) is 13.8 Å². The Kier molecular flexibility index (Phi) is 2.05. The molecule has 2 nitrogen and oxygen atoms in total. The lowest BCUT2D eigenvalue weighted by Crippen LogP contribution is -2.24. The van der Waals surface area contributed by atoms with Gasteiger partial charge >= 0.3 is 0 Å². The molecule has 1 aromatic heterocycles. The van der Waals surface area contributed by atoms with Crippen LogP contribution in [0, 0.1) is 11.8 Å². The molecule has 1 heterocycles. The van der Waals surface area contributed by atoms with E-state index >= 15 is 0 Å². The van der Waals surface area contributed by atoms with E-state index in [4.69, 9.17) is 0 Å². The smallest absolute Gasteiger partial charge is 0.0931 e. The monoisotopic (exact) mass is 174 g/mol. The summed E-state index contributed by atoms with van der Waals surface area (Å²) in [6, 6.07) is 0. The fraction of sp³-hybridized carbons (Fsp3) is 0.364. The molecule has 1 aliphatic carbocycles. The van der Waals surface area contributed by atoms with Gasteiger partial charge in [-0.15, -0.1) is 0 Å². The summed E-state index contributed by atoms with van der Waals surface area (Å²) in [5, 5.41) is 2.18. The van der Waals surface area contributed by atoms with Crippen LogP contribution >= 0.6 is 0 Å². The van der Waals surface area contributed by atoms with Gasteiger partial charge < -0.3 is 4.98 Å². The number of imidazole rings is 1. The van der Waals surface area contributed by atoms with Crippen LogP contribution in [-0.2, 0) is 0 Å². The van der Waals surface area contributed by atoms with Crippen LogP contribution in [0.3, 0.4) is 0 Å². The molecular formula is C11H14N2. The molecule has 0 bridgehead atoms. The number of H-pyrrole nitrogens is 1. The van der Waals surface area contributed by atoms with E-state index in [1.807, 2.05) is 0 Å². The van der Waals surface area contributed by atoms with E-state index in [0.717, 1.165) is 10.7 Å². The normalized spacial score (nSPS) is 20.4. The molecule has 68 valence electrons. The van der Waals surface area contributed by atoms with Crippen molar-refractivity contribution in [1.82, 2.24) is 9.97 Å². The van der Waals surface area contributed by atoms with Crippen molar-refractivity contribution in [3.8, 4) is 0 Å². The van der Waals surface area contributed by atoms with E-state index in [0.29, 0.717) is 11.8 Å². The zero-order chi connectivity index (χ0) is 9.26. The van der Waals surface area contributed by atoms with Crippen LogP contribution < -0.4 is 10.7 Å². The second-order valence-electron chi connectivity index (χ2n) is 3.74. The van der Waals surface area contributed by atoms with E-state index < -0.39 is 0 Å². The summed E-state index contributed by atoms with van der Waals surface area (Å²) in [4.78, 5) is 7.37. The lowest BCUT2D eigenvalue weighted by atomic mass is 9.95. The van der Waals surface area contributed by atoms with Crippen LogP contribution in [0.25, 0.3) is 12.2 Å². The zero-order valence-corrected chi connectivity index (χ0v) is 7.99. The largest absolute Gasteiger partial charge is 0.345 e. The van der Waals surface area contributed by atoms with Crippen LogP contribution in [-0.4, -0.2) is 9.97 Å². The Balaban J connectivity index is 2.53. The van der Waals surface area contributed by atoms with Crippen molar-refractivity contribution in [2.75, 3.05) is 0 Å². The maximum absolute atomic E-state index is 4.27. The van der Waals surface area contributed by atoms with Gasteiger partial charge in [0, 0.05) is 0 Å². The van der Waals surface area contributed by atoms with Crippen molar-refractivity contribution in [2.24, 2.45) is 11.8 Å². The maximum Gasteiger partial charge on any atom is 0.0931 e. The van der Waals surface area contributed by atoms with Gasteiger partial charge in [0.05, 0.1) is 17.0 Å². The summed E-state index contributed by atoms with van der Waals surface area (Å²) in [7, 11) is 0. The number of nitrogens with one attached hydrogen (secondary N) is 1. The lowest BCUT2D eigenvalue weighted by molar-refractivity contribution is 0.572. The molecule has 1 N–H and O–H groups in total. The third-order valence-electron chi connectivity index (χ3n) is 2.42. The minimum Gasteiger partial charge on any atom is -0.345 e. The van der Waals surface area contributed by atoms with Crippen molar-refractivity contribution in [3.63, 3.8) is 0 Å². The van der Waals surface area contributed by atoms with Gasteiger partial charge in [0.1, 0.15) is 0 Å². The summed E-state index contributed by atoms with van der Waals surface area (Å²) in [6.45, 7) is 4.45. The van der Waals surface area contributed by atoms with E-state index in [1.54, 1.807) is 6.33 Å². The first-order chi connectivity index (χ1) is 6.27. The zero-order valence-electron chi connectivity index (χ0n) is 7.99. The van der Waals surface area contributed by atoms with E-state index in [1.165, 1.54) is 0 Å². The topological polar surface area (TPSA) is 28.7 Å². The molecule has 1 atom stereocenters. The summed E-state index contributed by atoms with van der Waals surface area (Å²) < 4.78 is 0. The van der Waals surface area contributed by atoms with Gasteiger partial charge in [-0.2, -0.15) is 0 Å². The highest BCUT2D eigenvalue weighted by molar-refractivity contribution is 5.42. The lowest BCUT2D eigenvalue weighted by Gasteiger charge is -2.09. The molecule has 1 aliphatic rings. The Morgan fingerprint density at radius 3 is 3.08 bits per heavy atom. The molecule has 1 aromatic rings. The summed E-state index contributed by atoms with van der Waals surface area (Å²) in [6.07, 6.45) is 10.4. The minimum atomic E-state index is 0.501. The summed E-state index contributed by atoms with van der Waals surface area (Å²) in [5.74, 6) is 1.13. The first kappa shape index (κ1) is 8.30. The Hall–Kier alpha value is -1.31. The Morgan fingerprint density at radius 1 is 1.46 bits per heavy atom. The second kappa shape index (κ2) is 3.21. The molecular weight excluding hydrogens is 160 g/mol. The molecule has 0 saturated heterocycles. The molecule has 13 heavy (non-hydrogen) atoms. The molecule has 0 aromatic carbocycles. The van der Waals surface area contributed by atoms with Gasteiger partial charge in [-0.05, 0) is 24.0 Å². The Labute approximate surface area is 77.7 Å². The quantitative estimate of drug-likeness (QED) is 0.670. The number of fused-ring (bicyclic) bond motifs is 1. The molecule has 1 unspecified atom stereocenters. The van der Waals surface area contributed by atoms with E-state index in [9.17, 15) is 0 Å². The number of allylic oxidation sites excluding steroid dienone is 2. The molecule has 0 spiro atoms. The van der Waals surface area contributed by atoms with Crippen molar-refractivity contribution < 1.29 is 0 Å². The highest BCUT2D eigenvalue weighted by Gasteiger charge is 2.07. The average molecular weight is 174 g/mol. The number of aromatic nitrogens is 2. The number of rotatable bonds is 1. The van der Waals surface area contributed by atoms with Crippen LogP contribution in [0.2, 0.25) is 0 Å². The predicted molar refractivity (Wildman–Crippen MR) is 54.2 cm³/mol. The van der Waals surface area contributed by atoms with Crippen LogP contribution in [0.1, 0.15) is 13.8 Å². The fourth-order valence-electron chi connectivity index (χ4n) is 1.51. The van der Waals surface area contributed by atoms with Crippen molar-refractivity contribution in [1.29, 1.82) is 0 Å². The molecule has 0 radical (unpaired) electrons. The minimum absolute atomic E-state index is 0.501. The summed E-state index contributed by atoms with van der Waals surface area (Å²) in [5.41, 5.74) is 0. The maximum atomic E-state index is 4.27. The van der Waals surface area contributed by atoms with Crippen molar-refractivity contribution >= 4 is 12.2 Å². The third kappa shape index (κ3) is 1.57. The second-order valence-corrected chi connectivity index (χ2v) is 3.74. The van der Waals surface area contributed by atoms with Gasteiger partial charge in [-0.25, -0.2) is 4.98 Å². The first-order valence-corrected chi connectivity index (χ1v) is 4.67. The molecule has 0 fully saturated rings. The van der Waals surface area contributed by atoms with Crippen LogP contribution in [0.15, 0.2) is 18.5 Å². The van der Waals surface area contributed by atoms with Gasteiger partial charge in [-0.1, -0.05) is 26.0 Å². The number of hydrogen-bond donors (Lipinski definition) is 1. The van der Waals surface area contributed by atoms with Gasteiger partial charge in [0.15, 0.2) is 0 Å². The summed E-state index contributed by atoms with van der Waals surface area (Å²) >= 11 is 0. The Morgan fingerprint density at radius 2 is 2.31 bits per heavy atom. The van der Waals surface area contributed by atoms with Crippen LogP contribution in [0.4, 0.5) is 0 Å². The van der Waals surface area contributed by atoms with Crippen LogP contribution in [0.5, 0.6) is 0 Å².